The van der Waals surface area contributed by atoms with Crippen molar-refractivity contribution in [3.63, 3.8) is 0 Å². The Morgan fingerprint density at radius 3 is 2.43 bits per heavy atom. The molecule has 1 aromatic carbocycles. The number of benzene rings is 1. The van der Waals surface area contributed by atoms with Gasteiger partial charge in [0.2, 0.25) is 23.6 Å². The third-order valence-electron chi connectivity index (χ3n) is 14.6. The first-order valence-corrected chi connectivity index (χ1v) is 23.4. The molecule has 5 aliphatic rings. The molecular weight excluding hydrogens is 823 g/mol. The number of nitrogens with zero attached hydrogens (tertiary/aromatic N) is 9. The maximum Gasteiger partial charge on any atom is 0.258 e. The first kappa shape index (κ1) is 43.0. The van der Waals surface area contributed by atoms with Gasteiger partial charge in [0.25, 0.3) is 5.91 Å². The number of aromatic nitrogens is 6. The number of piperazine rings is 1. The van der Waals surface area contributed by atoms with E-state index in [4.69, 9.17) is 24.4 Å². The number of carbonyl (C=O) groups excluding carboxylic acids is 3. The molecule has 4 bridgehead atoms. The van der Waals surface area contributed by atoms with Crippen LogP contribution in [0.4, 0.5) is 17.3 Å². The molecule has 3 saturated heterocycles. The Kier molecular flexibility index (Phi) is 11.6. The van der Waals surface area contributed by atoms with Crippen molar-refractivity contribution in [3.05, 3.63) is 70.3 Å². The van der Waals surface area contributed by atoms with Crippen LogP contribution in [0.3, 0.4) is 0 Å². The molecule has 342 valence electrons. The molecule has 4 aliphatic heterocycles. The highest BCUT2D eigenvalue weighted by Gasteiger charge is 2.36. The molecule has 1 aliphatic carbocycles. The highest BCUT2D eigenvalue weighted by atomic mass is 16.5. The summed E-state index contributed by atoms with van der Waals surface area (Å²) in [4.78, 5) is 61.0. The number of imide groups is 1. The van der Waals surface area contributed by atoms with Gasteiger partial charge in [0.15, 0.2) is 0 Å². The Balaban J connectivity index is 0.866. The summed E-state index contributed by atoms with van der Waals surface area (Å²) in [5.41, 5.74) is 10.5. The van der Waals surface area contributed by atoms with E-state index in [1.54, 1.807) is 11.8 Å². The Labute approximate surface area is 380 Å². The van der Waals surface area contributed by atoms with Crippen molar-refractivity contribution in [1.82, 2.24) is 39.5 Å². The number of pyridine rings is 2. The third-order valence-corrected chi connectivity index (χ3v) is 14.6. The van der Waals surface area contributed by atoms with E-state index in [2.05, 4.69) is 60.1 Å². The zero-order valence-corrected chi connectivity index (χ0v) is 38.5. The lowest BCUT2D eigenvalue weighted by Gasteiger charge is -2.48. The Morgan fingerprint density at radius 1 is 0.831 bits per heavy atom. The van der Waals surface area contributed by atoms with Gasteiger partial charge >= 0.3 is 0 Å². The summed E-state index contributed by atoms with van der Waals surface area (Å²) in [6.45, 7) is 14.5. The normalized spacial score (nSPS) is 23.4. The first-order valence-electron chi connectivity index (χ1n) is 23.4. The summed E-state index contributed by atoms with van der Waals surface area (Å²) >= 11 is 0. The summed E-state index contributed by atoms with van der Waals surface area (Å²) < 4.78 is 16.5. The highest BCUT2D eigenvalue weighted by Crippen LogP contribution is 2.39. The maximum absolute atomic E-state index is 14.2. The van der Waals surface area contributed by atoms with E-state index in [1.807, 2.05) is 46.0 Å². The SMILES string of the molecule is COC[C@@H]1CN(c2ccc3nc4n(c3c2)C[C@@H]2CC[C@H](COc3c(c(C)nn3C)-c3cc(cc(C)n3)C(=O)N4)C2)CCN1C1CCN(c2c(C)cc(C3CCC(=O)NC3=O)nc2C)CC1. The van der Waals surface area contributed by atoms with Crippen molar-refractivity contribution in [2.75, 3.05) is 68.2 Å². The largest absolute Gasteiger partial charge is 0.477 e. The van der Waals surface area contributed by atoms with Gasteiger partial charge in [0.1, 0.15) is 0 Å². The van der Waals surface area contributed by atoms with E-state index in [1.165, 1.54) is 0 Å². The van der Waals surface area contributed by atoms with Gasteiger partial charge in [-0.15, -0.1) is 0 Å². The Morgan fingerprint density at radius 2 is 1.65 bits per heavy atom. The standard InChI is InChI=1S/C49H61N11O5/c1-28-19-40(38-10-12-43(61)53-47(38)63)51-31(4)45(28)57-15-13-35(14-16-57)59-18-17-58(25-37(59)27-64-6)36-9-11-39-42(23-36)60-24-32-7-8-33(21-32)26-65-48-44(30(3)55-56(48)5)41-22-34(20-29(2)50-41)46(62)54-49(60)52-39/h9,11,19-20,22-23,32-33,35,37-38H,7-8,10,12-18,21,24-27H2,1-6H3,(H,52,54,62)(H,53,61,63)/t32-,33+,37+,38?/m1/s1. The van der Waals surface area contributed by atoms with Crippen LogP contribution in [-0.2, 0) is 27.9 Å². The van der Waals surface area contributed by atoms with Gasteiger partial charge in [-0.2, -0.15) is 5.10 Å². The first-order chi connectivity index (χ1) is 31.4. The average Bonchev–Trinajstić information content (AvgIpc) is 3.96. The fourth-order valence-corrected chi connectivity index (χ4v) is 11.6. The predicted molar refractivity (Wildman–Crippen MR) is 249 cm³/mol. The van der Waals surface area contributed by atoms with E-state index < -0.39 is 5.92 Å². The van der Waals surface area contributed by atoms with Crippen LogP contribution in [0.5, 0.6) is 5.88 Å². The molecule has 2 N–H and O–H groups in total. The summed E-state index contributed by atoms with van der Waals surface area (Å²) in [5.74, 6) is 0.978. The molecule has 1 unspecified atom stereocenters. The minimum atomic E-state index is -0.390. The average molecular weight is 884 g/mol. The lowest BCUT2D eigenvalue weighted by atomic mass is 9.92. The van der Waals surface area contributed by atoms with Crippen LogP contribution in [0.25, 0.3) is 22.3 Å². The molecule has 8 heterocycles. The maximum atomic E-state index is 14.2. The molecule has 0 spiro atoms. The number of amides is 3. The number of nitrogens with one attached hydrogen (secondary N) is 2. The summed E-state index contributed by atoms with van der Waals surface area (Å²) in [6.07, 6.45) is 6.08. The van der Waals surface area contributed by atoms with Crippen LogP contribution < -0.4 is 25.2 Å². The molecule has 4 fully saturated rings. The molecule has 65 heavy (non-hydrogen) atoms. The second kappa shape index (κ2) is 17.5. The number of aryl methyl sites for hydroxylation is 5. The van der Waals surface area contributed by atoms with Gasteiger partial charge in [-0.05, 0) is 120 Å². The number of imidazole rings is 1. The van der Waals surface area contributed by atoms with E-state index in [0.717, 1.165) is 128 Å². The quantitative estimate of drug-likeness (QED) is 0.196. The Bertz CT molecular complexity index is 2640. The number of rotatable bonds is 6. The third kappa shape index (κ3) is 8.35. The number of piperidine rings is 2. The smallest absolute Gasteiger partial charge is 0.258 e. The van der Waals surface area contributed by atoms with Gasteiger partial charge < -0.3 is 23.8 Å². The van der Waals surface area contributed by atoms with E-state index in [9.17, 15) is 14.4 Å². The van der Waals surface area contributed by atoms with Gasteiger partial charge in [0.05, 0.1) is 70.2 Å². The van der Waals surface area contributed by atoms with Crippen molar-refractivity contribution >= 4 is 46.1 Å². The molecule has 4 atom stereocenters. The minimum absolute atomic E-state index is 0.210. The summed E-state index contributed by atoms with van der Waals surface area (Å²) in [5, 5.41) is 10.4. The van der Waals surface area contributed by atoms with E-state index in [0.29, 0.717) is 67.0 Å². The lowest BCUT2D eigenvalue weighted by molar-refractivity contribution is -0.134. The molecule has 10 rings (SSSR count). The fraction of sp³-hybridized carbons (Fsp3) is 0.531. The van der Waals surface area contributed by atoms with Crippen LogP contribution in [0.2, 0.25) is 0 Å². The lowest BCUT2D eigenvalue weighted by Crippen LogP contribution is -2.60. The molecule has 16 heteroatoms. The van der Waals surface area contributed by atoms with Gasteiger partial charge in [-0.1, -0.05) is 0 Å². The zero-order chi connectivity index (χ0) is 45.1. The zero-order valence-electron chi connectivity index (χ0n) is 38.5. The number of carbonyl (C=O) groups is 3. The van der Waals surface area contributed by atoms with Gasteiger partial charge in [-0.3, -0.25) is 39.9 Å². The van der Waals surface area contributed by atoms with Crippen molar-refractivity contribution < 1.29 is 23.9 Å². The number of ether oxygens (including phenoxy) is 2. The minimum Gasteiger partial charge on any atom is -0.477 e. The highest BCUT2D eigenvalue weighted by molar-refractivity contribution is 6.05. The summed E-state index contributed by atoms with van der Waals surface area (Å²) in [7, 11) is 3.70. The monoisotopic (exact) mass is 883 g/mol. The second-order valence-corrected chi connectivity index (χ2v) is 19.1. The number of anilines is 3. The topological polar surface area (TPSA) is 165 Å². The number of hydrogen-bond donors (Lipinski definition) is 2. The fourth-order valence-electron chi connectivity index (χ4n) is 11.6. The number of hydrogen-bond acceptors (Lipinski definition) is 12. The number of fused-ring (bicyclic) bond motifs is 9. The van der Waals surface area contributed by atoms with Crippen molar-refractivity contribution in [2.24, 2.45) is 18.9 Å². The van der Waals surface area contributed by atoms with Crippen LogP contribution in [0.1, 0.15) is 89.6 Å². The predicted octanol–water partition coefficient (Wildman–Crippen LogP) is 5.85. The van der Waals surface area contributed by atoms with E-state index in [-0.39, 0.29) is 23.8 Å². The van der Waals surface area contributed by atoms with Crippen molar-refractivity contribution in [1.29, 1.82) is 0 Å². The Hall–Kier alpha value is -5.87. The molecule has 4 aromatic heterocycles. The second-order valence-electron chi connectivity index (χ2n) is 19.1. The van der Waals surface area contributed by atoms with Crippen LogP contribution in [0, 0.1) is 39.5 Å². The molecule has 1 saturated carbocycles. The molecular formula is C49H61N11O5. The van der Waals surface area contributed by atoms with Crippen molar-refractivity contribution in [3.8, 4) is 17.1 Å². The van der Waals surface area contributed by atoms with E-state index >= 15 is 0 Å². The van der Waals surface area contributed by atoms with Gasteiger partial charge in [-0.25, -0.2) is 9.67 Å². The van der Waals surface area contributed by atoms with Gasteiger partial charge in [0, 0.05) is 82.8 Å². The molecule has 16 nitrogen and oxygen atoms in total. The molecule has 3 amide bonds. The molecule has 0 radical (unpaired) electrons. The summed E-state index contributed by atoms with van der Waals surface area (Å²) in [6, 6.07) is 12.9. The molecule has 5 aromatic rings. The van der Waals surface area contributed by atoms with Crippen LogP contribution in [-0.4, -0.2) is 117 Å². The van der Waals surface area contributed by atoms with Crippen LogP contribution >= 0.6 is 0 Å². The van der Waals surface area contributed by atoms with Crippen LogP contribution in [0.15, 0.2) is 36.4 Å². The number of methoxy groups -OCH3 is 1. The van der Waals surface area contributed by atoms with Crippen molar-refractivity contribution in [2.45, 2.75) is 97.2 Å².